The maximum absolute atomic E-state index is 10.3. The van der Waals surface area contributed by atoms with E-state index in [4.69, 9.17) is 5.73 Å². The molecular weight excluding hydrogens is 258 g/mol. The Morgan fingerprint density at radius 2 is 2.05 bits per heavy atom. The van der Waals surface area contributed by atoms with Gasteiger partial charge in [-0.05, 0) is 43.5 Å². The van der Waals surface area contributed by atoms with Crippen LogP contribution in [-0.4, -0.2) is 28.1 Å². The summed E-state index contributed by atoms with van der Waals surface area (Å²) in [5, 5.41) is 20.3. The second-order valence-electron chi connectivity index (χ2n) is 5.39. The molecule has 0 radical (unpaired) electrons. The number of thioether (sulfide) groups is 1. The van der Waals surface area contributed by atoms with Gasteiger partial charge in [0.05, 0.1) is 11.7 Å². The summed E-state index contributed by atoms with van der Waals surface area (Å²) >= 11 is 1.67. The summed E-state index contributed by atoms with van der Waals surface area (Å²) in [7, 11) is 0. The molecule has 1 saturated carbocycles. The van der Waals surface area contributed by atoms with Crippen molar-refractivity contribution in [3.8, 4) is 0 Å². The van der Waals surface area contributed by atoms with Crippen LogP contribution in [0.4, 0.5) is 0 Å². The van der Waals surface area contributed by atoms with E-state index in [2.05, 4.69) is 0 Å². The molecular formula is C15H23NO2S. The summed E-state index contributed by atoms with van der Waals surface area (Å²) in [4.78, 5) is 1.11. The summed E-state index contributed by atoms with van der Waals surface area (Å²) in [6.45, 7) is 0.484. The molecule has 1 aromatic rings. The highest BCUT2D eigenvalue weighted by Gasteiger charge is 2.30. The van der Waals surface area contributed by atoms with Gasteiger partial charge in [0.15, 0.2) is 0 Å². The Balaban J connectivity index is 1.95. The van der Waals surface area contributed by atoms with Crippen molar-refractivity contribution in [2.75, 3.05) is 12.3 Å². The monoisotopic (exact) mass is 281 g/mol. The topological polar surface area (TPSA) is 66.5 Å². The Kier molecular flexibility index (Phi) is 5.28. The van der Waals surface area contributed by atoms with Gasteiger partial charge in [-0.15, -0.1) is 11.8 Å². The Morgan fingerprint density at radius 1 is 1.32 bits per heavy atom. The molecule has 4 heteroatoms. The Hall–Kier alpha value is -0.550. The highest BCUT2D eigenvalue weighted by molar-refractivity contribution is 7.99. The van der Waals surface area contributed by atoms with E-state index in [9.17, 15) is 10.2 Å². The molecule has 4 N–H and O–H groups in total. The zero-order valence-electron chi connectivity index (χ0n) is 11.2. The van der Waals surface area contributed by atoms with Crippen LogP contribution in [0.25, 0.3) is 0 Å². The first-order valence-corrected chi connectivity index (χ1v) is 7.95. The zero-order chi connectivity index (χ0) is 13.7. The van der Waals surface area contributed by atoms with Gasteiger partial charge in [-0.3, -0.25) is 0 Å². The molecule has 0 amide bonds. The van der Waals surface area contributed by atoms with Crippen LogP contribution in [0, 0.1) is 0 Å². The van der Waals surface area contributed by atoms with Crippen LogP contribution in [0.2, 0.25) is 0 Å². The van der Waals surface area contributed by atoms with E-state index < -0.39 is 11.7 Å². The number of benzene rings is 1. The van der Waals surface area contributed by atoms with Crippen molar-refractivity contribution >= 4 is 11.8 Å². The number of aliphatic hydroxyl groups is 2. The predicted octanol–water partition coefficient (Wildman–Crippen LogP) is 2.47. The fourth-order valence-corrected chi connectivity index (χ4v) is 3.65. The van der Waals surface area contributed by atoms with Gasteiger partial charge in [0.2, 0.25) is 0 Å². The minimum absolute atomic E-state index is 0.484. The third-order valence-corrected chi connectivity index (χ3v) is 4.99. The summed E-state index contributed by atoms with van der Waals surface area (Å²) in [6, 6.07) is 7.91. The van der Waals surface area contributed by atoms with E-state index in [0.717, 1.165) is 41.9 Å². The van der Waals surface area contributed by atoms with Gasteiger partial charge in [0, 0.05) is 10.6 Å². The lowest BCUT2D eigenvalue weighted by molar-refractivity contribution is 0.0732. The lowest BCUT2D eigenvalue weighted by atomic mass is 10.1. The molecule has 1 atom stereocenters. The number of hydrogen-bond acceptors (Lipinski definition) is 4. The van der Waals surface area contributed by atoms with Crippen molar-refractivity contribution in [1.82, 2.24) is 0 Å². The van der Waals surface area contributed by atoms with Crippen LogP contribution in [0.3, 0.4) is 0 Å². The molecule has 1 unspecified atom stereocenters. The average molecular weight is 281 g/mol. The third-order valence-electron chi connectivity index (χ3n) is 3.72. The van der Waals surface area contributed by atoms with Crippen LogP contribution in [0.5, 0.6) is 0 Å². The van der Waals surface area contributed by atoms with Crippen molar-refractivity contribution < 1.29 is 10.2 Å². The number of rotatable bonds is 6. The minimum atomic E-state index is -0.490. The van der Waals surface area contributed by atoms with E-state index in [1.165, 1.54) is 0 Å². The molecule has 0 aromatic heterocycles. The SMILES string of the molecule is NCCC(O)c1cccc(SCC2(O)CCCC2)c1. The summed E-state index contributed by atoms with van der Waals surface area (Å²) in [6.07, 6.45) is 4.18. The number of hydrogen-bond donors (Lipinski definition) is 3. The van der Waals surface area contributed by atoms with Crippen LogP contribution in [0.1, 0.15) is 43.8 Å². The summed E-state index contributed by atoms with van der Waals surface area (Å²) in [5.74, 6) is 0.740. The Bertz CT molecular complexity index is 405. The van der Waals surface area contributed by atoms with Crippen molar-refractivity contribution in [3.05, 3.63) is 29.8 Å². The molecule has 1 fully saturated rings. The molecule has 0 saturated heterocycles. The first kappa shape index (κ1) is 14.9. The summed E-state index contributed by atoms with van der Waals surface area (Å²) < 4.78 is 0. The van der Waals surface area contributed by atoms with Crippen molar-refractivity contribution in [2.45, 2.75) is 48.7 Å². The van der Waals surface area contributed by atoms with Gasteiger partial charge < -0.3 is 15.9 Å². The molecule has 1 aromatic carbocycles. The Morgan fingerprint density at radius 3 is 2.74 bits per heavy atom. The molecule has 0 aliphatic heterocycles. The average Bonchev–Trinajstić information content (AvgIpc) is 2.85. The minimum Gasteiger partial charge on any atom is -0.389 e. The van der Waals surface area contributed by atoms with Crippen LogP contribution in [-0.2, 0) is 0 Å². The predicted molar refractivity (Wildman–Crippen MR) is 79.2 cm³/mol. The lowest BCUT2D eigenvalue weighted by Crippen LogP contribution is -2.27. The molecule has 1 aliphatic carbocycles. The highest BCUT2D eigenvalue weighted by atomic mass is 32.2. The summed E-state index contributed by atoms with van der Waals surface area (Å²) in [5.41, 5.74) is 5.89. The largest absolute Gasteiger partial charge is 0.389 e. The maximum Gasteiger partial charge on any atom is 0.0802 e. The fourth-order valence-electron chi connectivity index (χ4n) is 2.53. The standard InChI is InChI=1S/C15H23NO2S/c16-9-6-14(17)12-4-3-5-13(10-12)19-11-15(18)7-1-2-8-15/h3-5,10,14,17-18H,1-2,6-9,11,16H2. The highest BCUT2D eigenvalue weighted by Crippen LogP contribution is 2.35. The van der Waals surface area contributed by atoms with Gasteiger partial charge >= 0.3 is 0 Å². The Labute approximate surface area is 119 Å². The second kappa shape index (κ2) is 6.75. The molecule has 0 spiro atoms. The molecule has 106 valence electrons. The first-order valence-electron chi connectivity index (χ1n) is 6.96. The van der Waals surface area contributed by atoms with E-state index in [1.807, 2.05) is 24.3 Å². The van der Waals surface area contributed by atoms with Crippen molar-refractivity contribution in [2.24, 2.45) is 5.73 Å². The van der Waals surface area contributed by atoms with E-state index in [0.29, 0.717) is 13.0 Å². The van der Waals surface area contributed by atoms with Gasteiger partial charge in [0.25, 0.3) is 0 Å². The lowest BCUT2D eigenvalue weighted by Gasteiger charge is -2.21. The quantitative estimate of drug-likeness (QED) is 0.701. The normalized spacial score (nSPS) is 19.5. The zero-order valence-corrected chi connectivity index (χ0v) is 12.0. The van der Waals surface area contributed by atoms with Crippen molar-refractivity contribution in [3.63, 3.8) is 0 Å². The fraction of sp³-hybridized carbons (Fsp3) is 0.600. The number of aliphatic hydroxyl groups excluding tert-OH is 1. The van der Waals surface area contributed by atoms with E-state index >= 15 is 0 Å². The molecule has 0 heterocycles. The van der Waals surface area contributed by atoms with Crippen molar-refractivity contribution in [1.29, 1.82) is 0 Å². The third kappa shape index (κ3) is 4.21. The van der Waals surface area contributed by atoms with E-state index in [-0.39, 0.29) is 0 Å². The van der Waals surface area contributed by atoms with Gasteiger partial charge in [-0.25, -0.2) is 0 Å². The van der Waals surface area contributed by atoms with E-state index in [1.54, 1.807) is 11.8 Å². The van der Waals surface area contributed by atoms with Gasteiger partial charge in [0.1, 0.15) is 0 Å². The smallest absolute Gasteiger partial charge is 0.0802 e. The molecule has 3 nitrogen and oxygen atoms in total. The first-order chi connectivity index (χ1) is 9.13. The van der Waals surface area contributed by atoms with Crippen LogP contribution in [0.15, 0.2) is 29.2 Å². The molecule has 19 heavy (non-hydrogen) atoms. The maximum atomic E-state index is 10.3. The molecule has 1 aliphatic rings. The molecule has 0 bridgehead atoms. The second-order valence-corrected chi connectivity index (χ2v) is 6.43. The van der Waals surface area contributed by atoms with Crippen LogP contribution >= 0.6 is 11.8 Å². The van der Waals surface area contributed by atoms with Gasteiger partial charge in [-0.2, -0.15) is 0 Å². The number of nitrogens with two attached hydrogens (primary N) is 1. The van der Waals surface area contributed by atoms with Crippen LogP contribution < -0.4 is 5.73 Å². The van der Waals surface area contributed by atoms with Gasteiger partial charge in [-0.1, -0.05) is 25.0 Å². The molecule has 2 rings (SSSR count).